The minimum atomic E-state index is -3.49. The molecule has 0 aliphatic heterocycles. The van der Waals surface area contributed by atoms with E-state index in [0.29, 0.717) is 23.4 Å². The number of alkyl halides is 1. The SMILES string of the molecule is COC(=O)Cc1c(C)n(C)n(-c2ccccc2)c1=O.Cc1c(CCCl)c(=O)n(-c2ccccc2)n1C.Cc1c(CCOS(C)(=O)=O)c(=O)n(-c2ccccc2)n1C. The maximum atomic E-state index is 12.5. The Bertz CT molecular complexity index is 2580. The Morgan fingerprint density at radius 2 is 0.930 bits per heavy atom. The molecule has 3 heterocycles. The van der Waals surface area contributed by atoms with E-state index in [9.17, 15) is 27.6 Å². The summed E-state index contributed by atoms with van der Waals surface area (Å²) in [5.74, 6) is 0.0560. The molecule has 0 amide bonds. The van der Waals surface area contributed by atoms with E-state index in [1.165, 1.54) is 7.11 Å². The number of methoxy groups -OCH3 is 1. The second kappa shape index (κ2) is 19.5. The zero-order valence-corrected chi connectivity index (χ0v) is 35.0. The van der Waals surface area contributed by atoms with Crippen molar-refractivity contribution in [2.75, 3.05) is 25.9 Å². The highest BCUT2D eigenvalue weighted by atomic mass is 35.5. The maximum absolute atomic E-state index is 12.5. The van der Waals surface area contributed by atoms with Crippen molar-refractivity contribution in [2.24, 2.45) is 21.1 Å². The van der Waals surface area contributed by atoms with E-state index in [4.69, 9.17) is 15.8 Å². The Morgan fingerprint density at radius 3 is 1.26 bits per heavy atom. The monoisotopic (exact) mass is 820 g/mol. The molecule has 16 heteroatoms. The predicted octanol–water partition coefficient (Wildman–Crippen LogP) is 4.47. The van der Waals surface area contributed by atoms with Crippen molar-refractivity contribution in [1.29, 1.82) is 0 Å². The number of benzene rings is 3. The van der Waals surface area contributed by atoms with Crippen LogP contribution in [-0.2, 0) is 64.2 Å². The largest absolute Gasteiger partial charge is 0.469 e. The average molecular weight is 821 g/mol. The molecule has 6 aromatic rings. The van der Waals surface area contributed by atoms with Gasteiger partial charge in [0.2, 0.25) is 0 Å². The minimum Gasteiger partial charge on any atom is -0.469 e. The smallest absolute Gasteiger partial charge is 0.310 e. The first kappa shape index (κ1) is 44.1. The van der Waals surface area contributed by atoms with Gasteiger partial charge in [0, 0.05) is 61.7 Å². The van der Waals surface area contributed by atoms with Gasteiger partial charge in [-0.15, -0.1) is 11.6 Å². The van der Waals surface area contributed by atoms with Gasteiger partial charge < -0.3 is 4.74 Å². The number of hydrogen-bond donors (Lipinski definition) is 0. The first-order valence-corrected chi connectivity index (χ1v) is 20.3. The molecule has 0 aliphatic rings. The number of esters is 1. The molecule has 0 saturated carbocycles. The van der Waals surface area contributed by atoms with Crippen LogP contribution in [0.1, 0.15) is 33.8 Å². The summed E-state index contributed by atoms with van der Waals surface area (Å²) in [4.78, 5) is 48.5. The lowest BCUT2D eigenvalue weighted by molar-refractivity contribution is -0.139. The van der Waals surface area contributed by atoms with Crippen molar-refractivity contribution in [2.45, 2.75) is 40.0 Å². The van der Waals surface area contributed by atoms with Crippen molar-refractivity contribution in [3.05, 3.63) is 156 Å². The van der Waals surface area contributed by atoms with Crippen molar-refractivity contribution in [1.82, 2.24) is 28.1 Å². The van der Waals surface area contributed by atoms with Gasteiger partial charge in [0.15, 0.2) is 0 Å². The van der Waals surface area contributed by atoms with Gasteiger partial charge in [0.25, 0.3) is 26.8 Å². The van der Waals surface area contributed by atoms with Crippen LogP contribution in [0.2, 0.25) is 0 Å². The molecule has 304 valence electrons. The third-order valence-electron chi connectivity index (χ3n) is 9.56. The molecule has 0 atom stereocenters. The summed E-state index contributed by atoms with van der Waals surface area (Å²) >= 11 is 5.73. The van der Waals surface area contributed by atoms with E-state index in [2.05, 4.69) is 4.74 Å². The standard InChI is InChI=1S/C14H18N2O4S.C14H16N2O3.C13H15ClN2O/c1-11-13(9-10-20-21(3,18)19)14(17)16(15(11)2)12-7-5-4-6-8-12;1-10-12(9-13(17)19-3)14(18)16(15(10)2)11-7-5-4-6-8-11;1-10-12(8-9-14)13(17)16(15(10)2)11-6-4-3-5-7-11/h4-8H,9-10H2,1-3H3;4-8H,9H2,1-3H3;3-7H,8-9H2,1-2H3. The fraction of sp³-hybridized carbons (Fsp3) is 0.317. The molecule has 0 saturated heterocycles. The molecule has 57 heavy (non-hydrogen) atoms. The molecule has 0 aliphatic carbocycles. The van der Waals surface area contributed by atoms with Gasteiger partial charge in [-0.3, -0.25) is 37.4 Å². The van der Waals surface area contributed by atoms with Gasteiger partial charge in [0.05, 0.1) is 49.0 Å². The van der Waals surface area contributed by atoms with E-state index in [1.54, 1.807) is 37.5 Å². The molecular formula is C41H49ClN6O8S. The molecule has 6 rings (SSSR count). The van der Waals surface area contributed by atoms with Crippen molar-refractivity contribution in [3.8, 4) is 17.1 Å². The van der Waals surface area contributed by atoms with E-state index in [-0.39, 0.29) is 36.1 Å². The number of hydrogen-bond acceptors (Lipinski definition) is 8. The predicted molar refractivity (Wildman–Crippen MR) is 222 cm³/mol. The van der Waals surface area contributed by atoms with Crippen LogP contribution < -0.4 is 16.7 Å². The second-order valence-electron chi connectivity index (χ2n) is 13.1. The molecule has 0 bridgehead atoms. The van der Waals surface area contributed by atoms with Gasteiger partial charge in [-0.1, -0.05) is 54.6 Å². The van der Waals surface area contributed by atoms with Gasteiger partial charge in [-0.25, -0.2) is 14.0 Å². The lowest BCUT2D eigenvalue weighted by atomic mass is 10.2. The summed E-state index contributed by atoms with van der Waals surface area (Å²) < 4.78 is 41.4. The minimum absolute atomic E-state index is 0.00512. The molecular weight excluding hydrogens is 772 g/mol. The Labute approximate surface area is 336 Å². The topological polar surface area (TPSA) is 150 Å². The zero-order chi connectivity index (χ0) is 42.0. The molecule has 3 aromatic heterocycles. The highest BCUT2D eigenvalue weighted by molar-refractivity contribution is 7.85. The van der Waals surface area contributed by atoms with Gasteiger partial charge in [0.1, 0.15) is 0 Å². The van der Waals surface area contributed by atoms with E-state index >= 15 is 0 Å². The number of nitrogens with zero attached hydrogens (tertiary/aromatic N) is 6. The summed E-state index contributed by atoms with van der Waals surface area (Å²) in [5.41, 5.74) is 6.46. The number of carbonyl (C=O) groups is 1. The summed E-state index contributed by atoms with van der Waals surface area (Å²) in [6, 6.07) is 28.2. The molecule has 0 unspecified atom stereocenters. The zero-order valence-electron chi connectivity index (χ0n) is 33.4. The third kappa shape index (κ3) is 10.4. The van der Waals surface area contributed by atoms with Crippen LogP contribution in [0.15, 0.2) is 105 Å². The Hall–Kier alpha value is -5.64. The summed E-state index contributed by atoms with van der Waals surface area (Å²) in [5, 5.41) is 0. The maximum Gasteiger partial charge on any atom is 0.310 e. The number of rotatable bonds is 11. The fourth-order valence-corrected chi connectivity index (χ4v) is 6.83. The number of ether oxygens (including phenoxy) is 1. The molecule has 0 spiro atoms. The van der Waals surface area contributed by atoms with Gasteiger partial charge in [-0.2, -0.15) is 8.42 Å². The lowest BCUT2D eigenvalue weighted by Crippen LogP contribution is -2.22. The average Bonchev–Trinajstić information content (AvgIpc) is 3.64. The Balaban J connectivity index is 0.000000190. The molecule has 0 N–H and O–H groups in total. The van der Waals surface area contributed by atoms with E-state index < -0.39 is 16.1 Å². The van der Waals surface area contributed by atoms with Crippen LogP contribution >= 0.6 is 11.6 Å². The Morgan fingerprint density at radius 1 is 0.596 bits per heavy atom. The van der Waals surface area contributed by atoms with Crippen LogP contribution in [0.3, 0.4) is 0 Å². The highest BCUT2D eigenvalue weighted by Gasteiger charge is 2.19. The quantitative estimate of drug-likeness (QED) is 0.106. The van der Waals surface area contributed by atoms with E-state index in [0.717, 1.165) is 46.0 Å². The Kier molecular flexibility index (Phi) is 15.1. The number of carbonyl (C=O) groups excluding carboxylic acids is 1. The first-order chi connectivity index (χ1) is 27.0. The third-order valence-corrected chi connectivity index (χ3v) is 10.3. The number of para-hydroxylation sites is 3. The molecule has 14 nitrogen and oxygen atoms in total. The molecule has 0 fully saturated rings. The van der Waals surface area contributed by atoms with Crippen molar-refractivity contribution < 1.29 is 22.1 Å². The summed E-state index contributed by atoms with van der Waals surface area (Å²) in [6.07, 6.45) is 1.85. The van der Waals surface area contributed by atoms with Crippen LogP contribution in [0.5, 0.6) is 0 Å². The highest BCUT2D eigenvalue weighted by Crippen LogP contribution is 2.13. The molecule has 3 aromatic carbocycles. The van der Waals surface area contributed by atoms with Gasteiger partial charge in [-0.05, 0) is 63.6 Å². The van der Waals surface area contributed by atoms with Gasteiger partial charge >= 0.3 is 5.97 Å². The van der Waals surface area contributed by atoms with Crippen LogP contribution in [0, 0.1) is 20.8 Å². The fourth-order valence-electron chi connectivity index (χ4n) is 6.26. The second-order valence-corrected chi connectivity index (χ2v) is 15.1. The van der Waals surface area contributed by atoms with Crippen LogP contribution in [0.25, 0.3) is 17.1 Å². The number of aromatic nitrogens is 6. The normalized spacial score (nSPS) is 11.0. The summed E-state index contributed by atoms with van der Waals surface area (Å²) in [7, 11) is 3.31. The van der Waals surface area contributed by atoms with Crippen LogP contribution in [-0.4, -0.2) is 68.3 Å². The van der Waals surface area contributed by atoms with Crippen LogP contribution in [0.4, 0.5) is 0 Å². The number of halogens is 1. The summed E-state index contributed by atoms with van der Waals surface area (Å²) in [6.45, 7) is 5.56. The first-order valence-electron chi connectivity index (χ1n) is 18.0. The lowest BCUT2D eigenvalue weighted by Gasteiger charge is -2.07. The van der Waals surface area contributed by atoms with Crippen molar-refractivity contribution >= 4 is 27.7 Å². The van der Waals surface area contributed by atoms with Crippen molar-refractivity contribution in [3.63, 3.8) is 0 Å². The molecule has 0 radical (unpaired) electrons. The van der Waals surface area contributed by atoms with E-state index in [1.807, 2.05) is 123 Å².